The van der Waals surface area contributed by atoms with Crippen molar-refractivity contribution in [2.75, 3.05) is 17.5 Å². The van der Waals surface area contributed by atoms with Crippen molar-refractivity contribution >= 4 is 22.6 Å². The highest BCUT2D eigenvalue weighted by molar-refractivity contribution is 14.1. The minimum atomic E-state index is 1.00. The van der Waals surface area contributed by atoms with Gasteiger partial charge in [-0.3, -0.25) is 0 Å². The molecule has 2 heteroatoms. The summed E-state index contributed by atoms with van der Waals surface area (Å²) in [7, 11) is 0. The van der Waals surface area contributed by atoms with Crippen LogP contribution in [0.3, 0.4) is 0 Å². The summed E-state index contributed by atoms with van der Waals surface area (Å²) in [4.78, 5) is 0. The van der Waals surface area contributed by atoms with E-state index in [0.29, 0.717) is 0 Å². The van der Waals surface area contributed by atoms with Gasteiger partial charge in [0.1, 0.15) is 0 Å². The Morgan fingerprint density at radius 1 is 1.08 bits per heavy atom. The third-order valence-corrected chi connectivity index (χ3v) is 3.66. The fourth-order valence-corrected chi connectivity index (χ4v) is 2.58. The smallest absolute Gasteiger partial charge is 0.000472 e. The predicted molar refractivity (Wildman–Crippen MR) is 67.6 cm³/mol. The maximum atomic E-state index is 3.58. The first kappa shape index (κ1) is 11.8. The Morgan fingerprint density at radius 3 is 2.54 bits per heavy atom. The average molecular weight is 295 g/mol. The van der Waals surface area contributed by atoms with Gasteiger partial charge in [-0.1, -0.05) is 41.9 Å². The van der Waals surface area contributed by atoms with Gasteiger partial charge < -0.3 is 5.32 Å². The molecule has 1 aliphatic rings. The molecule has 0 aromatic rings. The highest BCUT2D eigenvalue weighted by Crippen LogP contribution is 2.23. The van der Waals surface area contributed by atoms with Crippen LogP contribution >= 0.6 is 22.6 Å². The maximum absolute atomic E-state index is 3.58. The Kier molecular flexibility index (Phi) is 7.27. The van der Waals surface area contributed by atoms with Gasteiger partial charge >= 0.3 is 0 Å². The Balaban J connectivity index is 1.78. The molecule has 0 amide bonds. The average Bonchev–Trinajstić information content (AvgIpc) is 2.63. The number of unbranched alkanes of at least 4 members (excludes halogenated alkanes) is 2. The predicted octanol–water partition coefficient (Wildman–Crippen LogP) is 3.37. The van der Waals surface area contributed by atoms with E-state index in [1.165, 1.54) is 62.5 Å². The molecule has 0 heterocycles. The van der Waals surface area contributed by atoms with Gasteiger partial charge in [-0.05, 0) is 49.1 Å². The molecule has 0 atom stereocenters. The van der Waals surface area contributed by atoms with Crippen LogP contribution in [0.4, 0.5) is 0 Å². The van der Waals surface area contributed by atoms with Crippen molar-refractivity contribution in [2.24, 2.45) is 5.92 Å². The number of hydrogen-bond donors (Lipinski definition) is 1. The number of rotatable bonds is 7. The van der Waals surface area contributed by atoms with Crippen LogP contribution in [0.1, 0.15) is 44.9 Å². The first-order chi connectivity index (χ1) is 6.43. The van der Waals surface area contributed by atoms with E-state index >= 15 is 0 Å². The van der Waals surface area contributed by atoms with E-state index in [9.17, 15) is 0 Å². The first-order valence-corrected chi connectivity index (χ1v) is 7.22. The lowest BCUT2D eigenvalue weighted by molar-refractivity contribution is 0.482. The molecule has 1 rings (SSSR count). The topological polar surface area (TPSA) is 12.0 Å². The second kappa shape index (κ2) is 8.04. The number of alkyl halides is 1. The highest BCUT2D eigenvalue weighted by atomic mass is 127. The SMILES string of the molecule is ICCCCCNCC1CCCC1. The van der Waals surface area contributed by atoms with E-state index in [-0.39, 0.29) is 0 Å². The lowest BCUT2D eigenvalue weighted by atomic mass is 10.1. The van der Waals surface area contributed by atoms with Crippen molar-refractivity contribution in [3.63, 3.8) is 0 Å². The van der Waals surface area contributed by atoms with E-state index < -0.39 is 0 Å². The van der Waals surface area contributed by atoms with Gasteiger partial charge in [0, 0.05) is 0 Å². The molecule has 0 aromatic heterocycles. The molecule has 78 valence electrons. The first-order valence-electron chi connectivity index (χ1n) is 5.70. The summed E-state index contributed by atoms with van der Waals surface area (Å²) in [6, 6.07) is 0. The van der Waals surface area contributed by atoms with Gasteiger partial charge in [0.05, 0.1) is 0 Å². The summed E-state index contributed by atoms with van der Waals surface area (Å²) in [5.74, 6) is 1.00. The molecule has 1 N–H and O–H groups in total. The molecule has 1 aliphatic carbocycles. The largest absolute Gasteiger partial charge is 0.316 e. The normalized spacial score (nSPS) is 18.2. The molecule has 1 saturated carbocycles. The van der Waals surface area contributed by atoms with Crippen LogP contribution in [0.5, 0.6) is 0 Å². The van der Waals surface area contributed by atoms with Crippen molar-refractivity contribution in [3.8, 4) is 0 Å². The highest BCUT2D eigenvalue weighted by Gasteiger charge is 2.13. The molecular formula is C11H22IN. The van der Waals surface area contributed by atoms with Crippen molar-refractivity contribution in [3.05, 3.63) is 0 Å². The van der Waals surface area contributed by atoms with Crippen molar-refractivity contribution < 1.29 is 0 Å². The second-order valence-electron chi connectivity index (χ2n) is 4.10. The Labute approximate surface area is 96.2 Å². The third-order valence-electron chi connectivity index (χ3n) is 2.89. The van der Waals surface area contributed by atoms with Crippen LogP contribution in [-0.2, 0) is 0 Å². The summed E-state index contributed by atoms with van der Waals surface area (Å²) < 4.78 is 1.32. The zero-order valence-electron chi connectivity index (χ0n) is 8.53. The zero-order chi connectivity index (χ0) is 9.36. The van der Waals surface area contributed by atoms with Crippen LogP contribution in [0.25, 0.3) is 0 Å². The number of halogens is 1. The molecule has 1 fully saturated rings. The zero-order valence-corrected chi connectivity index (χ0v) is 10.7. The van der Waals surface area contributed by atoms with Crippen molar-refractivity contribution in [1.82, 2.24) is 5.32 Å². The molecule has 0 aliphatic heterocycles. The summed E-state index contributed by atoms with van der Waals surface area (Å²) >= 11 is 2.46. The molecular weight excluding hydrogens is 273 g/mol. The van der Waals surface area contributed by atoms with Gasteiger partial charge in [-0.25, -0.2) is 0 Å². The molecule has 0 saturated heterocycles. The standard InChI is InChI=1S/C11H22IN/c12-8-4-1-5-9-13-10-11-6-2-3-7-11/h11,13H,1-10H2. The fraction of sp³-hybridized carbons (Fsp3) is 1.00. The lowest BCUT2D eigenvalue weighted by Gasteiger charge is -2.09. The van der Waals surface area contributed by atoms with Gasteiger partial charge in [-0.2, -0.15) is 0 Å². The number of hydrogen-bond acceptors (Lipinski definition) is 1. The van der Waals surface area contributed by atoms with Crippen LogP contribution in [0.2, 0.25) is 0 Å². The van der Waals surface area contributed by atoms with E-state index in [1.807, 2.05) is 0 Å². The van der Waals surface area contributed by atoms with Gasteiger partial charge in [0.25, 0.3) is 0 Å². The third kappa shape index (κ3) is 5.89. The van der Waals surface area contributed by atoms with E-state index in [1.54, 1.807) is 0 Å². The second-order valence-corrected chi connectivity index (χ2v) is 5.18. The molecule has 0 bridgehead atoms. The minimum absolute atomic E-state index is 1.00. The molecule has 0 unspecified atom stereocenters. The van der Waals surface area contributed by atoms with Crippen LogP contribution in [-0.4, -0.2) is 17.5 Å². The van der Waals surface area contributed by atoms with E-state index in [0.717, 1.165) is 5.92 Å². The Morgan fingerprint density at radius 2 is 1.85 bits per heavy atom. The van der Waals surface area contributed by atoms with Gasteiger partial charge in [0.2, 0.25) is 0 Å². The molecule has 0 spiro atoms. The summed E-state index contributed by atoms with van der Waals surface area (Å²) in [6.07, 6.45) is 10.1. The van der Waals surface area contributed by atoms with E-state index in [4.69, 9.17) is 0 Å². The molecule has 0 radical (unpaired) electrons. The van der Waals surface area contributed by atoms with Crippen LogP contribution < -0.4 is 5.32 Å². The molecule has 13 heavy (non-hydrogen) atoms. The lowest BCUT2D eigenvalue weighted by Crippen LogP contribution is -2.22. The minimum Gasteiger partial charge on any atom is -0.316 e. The quantitative estimate of drug-likeness (QED) is 0.431. The van der Waals surface area contributed by atoms with Crippen LogP contribution in [0, 0.1) is 5.92 Å². The molecule has 1 nitrogen and oxygen atoms in total. The fourth-order valence-electron chi connectivity index (χ4n) is 2.04. The Hall–Kier alpha value is 0.690. The van der Waals surface area contributed by atoms with Crippen molar-refractivity contribution in [2.45, 2.75) is 44.9 Å². The monoisotopic (exact) mass is 295 g/mol. The summed E-state index contributed by atoms with van der Waals surface area (Å²) in [5.41, 5.74) is 0. The van der Waals surface area contributed by atoms with Gasteiger partial charge in [0.15, 0.2) is 0 Å². The summed E-state index contributed by atoms with van der Waals surface area (Å²) in [5, 5.41) is 3.58. The maximum Gasteiger partial charge on any atom is -0.000472 e. The summed E-state index contributed by atoms with van der Waals surface area (Å²) in [6.45, 7) is 2.53. The number of nitrogens with one attached hydrogen (secondary N) is 1. The molecule has 0 aromatic carbocycles. The van der Waals surface area contributed by atoms with E-state index in [2.05, 4.69) is 27.9 Å². The van der Waals surface area contributed by atoms with Crippen molar-refractivity contribution in [1.29, 1.82) is 0 Å². The van der Waals surface area contributed by atoms with Crippen LogP contribution in [0.15, 0.2) is 0 Å². The Bertz CT molecular complexity index is 111. The van der Waals surface area contributed by atoms with Gasteiger partial charge in [-0.15, -0.1) is 0 Å².